The van der Waals surface area contributed by atoms with E-state index in [9.17, 15) is 4.79 Å². The van der Waals surface area contributed by atoms with Crippen LogP contribution in [0.2, 0.25) is 0 Å². The number of carbonyl (C=O) groups excluding carboxylic acids is 1. The van der Waals surface area contributed by atoms with E-state index in [0.717, 1.165) is 12.8 Å². The van der Waals surface area contributed by atoms with Crippen LogP contribution in [0.25, 0.3) is 0 Å². The Hall–Kier alpha value is -1.25. The van der Waals surface area contributed by atoms with Crippen LogP contribution in [-0.4, -0.2) is 23.9 Å². The van der Waals surface area contributed by atoms with Crippen molar-refractivity contribution < 1.29 is 9.21 Å². The van der Waals surface area contributed by atoms with E-state index in [1.807, 2.05) is 11.9 Å². The fourth-order valence-corrected chi connectivity index (χ4v) is 2.21. The number of furan rings is 1. The first-order chi connectivity index (χ1) is 7.29. The lowest BCUT2D eigenvalue weighted by Crippen LogP contribution is -2.38. The molecule has 0 N–H and O–H groups in total. The van der Waals surface area contributed by atoms with Gasteiger partial charge in [0.1, 0.15) is 0 Å². The first-order valence-electron chi connectivity index (χ1n) is 5.59. The first kappa shape index (κ1) is 10.3. The molecule has 0 bridgehead atoms. The summed E-state index contributed by atoms with van der Waals surface area (Å²) in [6.45, 7) is 0. The van der Waals surface area contributed by atoms with E-state index in [4.69, 9.17) is 4.42 Å². The van der Waals surface area contributed by atoms with Gasteiger partial charge in [-0.3, -0.25) is 4.79 Å². The van der Waals surface area contributed by atoms with Crippen LogP contribution in [-0.2, 0) is 0 Å². The van der Waals surface area contributed by atoms with Gasteiger partial charge in [0.15, 0.2) is 5.76 Å². The van der Waals surface area contributed by atoms with Gasteiger partial charge in [0.2, 0.25) is 0 Å². The van der Waals surface area contributed by atoms with Crippen LogP contribution in [0, 0.1) is 0 Å². The van der Waals surface area contributed by atoms with E-state index in [1.165, 1.54) is 19.3 Å². The normalized spacial score (nSPS) is 17.7. The van der Waals surface area contributed by atoms with Gasteiger partial charge in [0.05, 0.1) is 6.26 Å². The molecular formula is C12H17NO2. The zero-order chi connectivity index (χ0) is 10.7. The van der Waals surface area contributed by atoms with Crippen molar-refractivity contribution in [2.45, 2.75) is 38.1 Å². The number of hydrogen-bond donors (Lipinski definition) is 0. The van der Waals surface area contributed by atoms with Crippen LogP contribution in [0.1, 0.15) is 42.7 Å². The van der Waals surface area contributed by atoms with Gasteiger partial charge in [0.25, 0.3) is 5.91 Å². The molecule has 1 aromatic heterocycles. The quantitative estimate of drug-likeness (QED) is 0.747. The second-order valence-corrected chi connectivity index (χ2v) is 4.19. The third-order valence-corrected chi connectivity index (χ3v) is 3.17. The molecule has 15 heavy (non-hydrogen) atoms. The standard InChI is InChI=1S/C12H17NO2/c1-13(10-6-3-2-4-7-10)12(14)11-8-5-9-15-11/h5,8-10H,2-4,6-7H2,1H3. The minimum atomic E-state index is 0.00639. The highest BCUT2D eigenvalue weighted by molar-refractivity contribution is 5.91. The van der Waals surface area contributed by atoms with Crippen molar-refractivity contribution >= 4 is 5.91 Å². The van der Waals surface area contributed by atoms with E-state index in [2.05, 4.69) is 0 Å². The van der Waals surface area contributed by atoms with Gasteiger partial charge >= 0.3 is 0 Å². The van der Waals surface area contributed by atoms with Crippen molar-refractivity contribution in [1.29, 1.82) is 0 Å². The predicted molar refractivity (Wildman–Crippen MR) is 57.7 cm³/mol. The molecule has 0 atom stereocenters. The van der Waals surface area contributed by atoms with Gasteiger partial charge in [-0.1, -0.05) is 19.3 Å². The summed E-state index contributed by atoms with van der Waals surface area (Å²) in [7, 11) is 1.88. The maximum atomic E-state index is 11.9. The van der Waals surface area contributed by atoms with E-state index < -0.39 is 0 Å². The Balaban J connectivity index is 2.00. The molecule has 1 aromatic rings. The Labute approximate surface area is 90.1 Å². The van der Waals surface area contributed by atoms with Gasteiger partial charge in [-0.15, -0.1) is 0 Å². The maximum Gasteiger partial charge on any atom is 0.289 e. The number of nitrogens with zero attached hydrogens (tertiary/aromatic N) is 1. The van der Waals surface area contributed by atoms with Crippen LogP contribution >= 0.6 is 0 Å². The third-order valence-electron chi connectivity index (χ3n) is 3.17. The zero-order valence-electron chi connectivity index (χ0n) is 9.11. The second-order valence-electron chi connectivity index (χ2n) is 4.19. The van der Waals surface area contributed by atoms with Crippen LogP contribution in [0.3, 0.4) is 0 Å². The van der Waals surface area contributed by atoms with Crippen molar-refractivity contribution in [2.75, 3.05) is 7.05 Å². The molecule has 0 spiro atoms. The molecule has 0 unspecified atom stereocenters. The minimum Gasteiger partial charge on any atom is -0.459 e. The summed E-state index contributed by atoms with van der Waals surface area (Å²) in [6.07, 6.45) is 7.58. The van der Waals surface area contributed by atoms with Crippen molar-refractivity contribution in [3.05, 3.63) is 24.2 Å². The molecule has 0 saturated heterocycles. The molecule has 3 heteroatoms. The molecule has 1 aliphatic carbocycles. The highest BCUT2D eigenvalue weighted by atomic mass is 16.3. The monoisotopic (exact) mass is 207 g/mol. The molecule has 2 rings (SSSR count). The maximum absolute atomic E-state index is 11.9. The number of amides is 1. The molecule has 1 heterocycles. The number of carbonyl (C=O) groups is 1. The summed E-state index contributed by atoms with van der Waals surface area (Å²) in [5, 5.41) is 0. The zero-order valence-corrected chi connectivity index (χ0v) is 9.11. The molecule has 1 aliphatic rings. The average molecular weight is 207 g/mol. The number of rotatable bonds is 2. The second kappa shape index (κ2) is 4.51. The smallest absolute Gasteiger partial charge is 0.289 e. The van der Waals surface area contributed by atoms with E-state index in [-0.39, 0.29) is 5.91 Å². The Morgan fingerprint density at radius 3 is 2.73 bits per heavy atom. The molecule has 0 aliphatic heterocycles. The Kier molecular flexibility index (Phi) is 3.09. The summed E-state index contributed by atoms with van der Waals surface area (Å²) < 4.78 is 5.12. The predicted octanol–water partition coefficient (Wildman–Crippen LogP) is 2.68. The van der Waals surface area contributed by atoms with Gasteiger partial charge in [0, 0.05) is 13.1 Å². The van der Waals surface area contributed by atoms with Crippen molar-refractivity contribution in [1.82, 2.24) is 4.90 Å². The average Bonchev–Trinajstić information content (AvgIpc) is 2.82. The molecule has 0 radical (unpaired) electrons. The van der Waals surface area contributed by atoms with Crippen LogP contribution in [0.15, 0.2) is 22.8 Å². The minimum absolute atomic E-state index is 0.00639. The van der Waals surface area contributed by atoms with Crippen LogP contribution in [0.4, 0.5) is 0 Å². The largest absolute Gasteiger partial charge is 0.459 e. The summed E-state index contributed by atoms with van der Waals surface area (Å²) in [6, 6.07) is 3.88. The van der Waals surface area contributed by atoms with E-state index in [1.54, 1.807) is 18.4 Å². The Bertz CT molecular complexity index is 312. The molecule has 0 aromatic carbocycles. The SMILES string of the molecule is CN(C(=O)c1ccco1)C1CCCCC1. The lowest BCUT2D eigenvalue weighted by molar-refractivity contribution is 0.0664. The summed E-state index contributed by atoms with van der Waals surface area (Å²) in [4.78, 5) is 13.8. The van der Waals surface area contributed by atoms with Gasteiger partial charge in [-0.25, -0.2) is 0 Å². The topological polar surface area (TPSA) is 33.5 Å². The third kappa shape index (κ3) is 2.22. The molecule has 1 amide bonds. The lowest BCUT2D eigenvalue weighted by atomic mass is 9.94. The lowest BCUT2D eigenvalue weighted by Gasteiger charge is -2.30. The van der Waals surface area contributed by atoms with Gasteiger partial charge in [-0.05, 0) is 25.0 Å². The van der Waals surface area contributed by atoms with Gasteiger partial charge < -0.3 is 9.32 Å². The molecular weight excluding hydrogens is 190 g/mol. The highest BCUT2D eigenvalue weighted by Crippen LogP contribution is 2.22. The van der Waals surface area contributed by atoms with Crippen molar-refractivity contribution in [3.63, 3.8) is 0 Å². The van der Waals surface area contributed by atoms with Crippen molar-refractivity contribution in [2.24, 2.45) is 0 Å². The molecule has 1 saturated carbocycles. The molecule has 1 fully saturated rings. The summed E-state index contributed by atoms with van der Waals surface area (Å²) >= 11 is 0. The summed E-state index contributed by atoms with van der Waals surface area (Å²) in [5.74, 6) is 0.454. The van der Waals surface area contributed by atoms with Gasteiger partial charge in [-0.2, -0.15) is 0 Å². The van der Waals surface area contributed by atoms with Crippen LogP contribution in [0.5, 0.6) is 0 Å². The van der Waals surface area contributed by atoms with Crippen molar-refractivity contribution in [3.8, 4) is 0 Å². The fraction of sp³-hybridized carbons (Fsp3) is 0.583. The Morgan fingerprint density at radius 2 is 2.13 bits per heavy atom. The van der Waals surface area contributed by atoms with E-state index >= 15 is 0 Å². The Morgan fingerprint density at radius 1 is 1.40 bits per heavy atom. The van der Waals surface area contributed by atoms with E-state index in [0.29, 0.717) is 11.8 Å². The van der Waals surface area contributed by atoms with Crippen LogP contribution < -0.4 is 0 Å². The molecule has 3 nitrogen and oxygen atoms in total. The highest BCUT2D eigenvalue weighted by Gasteiger charge is 2.24. The first-order valence-corrected chi connectivity index (χ1v) is 5.59. The summed E-state index contributed by atoms with van der Waals surface area (Å²) in [5.41, 5.74) is 0. The number of hydrogen-bond acceptors (Lipinski definition) is 2. The molecule has 82 valence electrons. The fourth-order valence-electron chi connectivity index (χ4n) is 2.21.